The smallest absolute Gasteiger partial charge is 0.255 e. The van der Waals surface area contributed by atoms with E-state index in [1.807, 2.05) is 0 Å². The summed E-state index contributed by atoms with van der Waals surface area (Å²) in [6, 6.07) is 0. The number of fused-ring (bicyclic) bond motifs is 1. The summed E-state index contributed by atoms with van der Waals surface area (Å²) < 4.78 is 0. The number of thioether (sulfide) groups is 2. The van der Waals surface area contributed by atoms with Gasteiger partial charge in [-0.2, -0.15) is 11.8 Å². The minimum Gasteiger partial charge on any atom is -0.303 e. The second-order valence-electron chi connectivity index (χ2n) is 4.69. The molecule has 2 aliphatic rings. The quantitative estimate of drug-likeness (QED) is 0.673. The highest BCUT2D eigenvalue weighted by atomic mass is 32.2. The molecule has 1 fully saturated rings. The van der Waals surface area contributed by atoms with E-state index >= 15 is 0 Å². The lowest BCUT2D eigenvalue weighted by Crippen LogP contribution is -2.22. The van der Waals surface area contributed by atoms with Crippen LogP contribution in [0.25, 0.3) is 0 Å². The highest BCUT2D eigenvalue weighted by Gasteiger charge is 2.18. The van der Waals surface area contributed by atoms with Crippen LogP contribution in [0.2, 0.25) is 0 Å². The third kappa shape index (κ3) is 2.75. The molecule has 3 rings (SSSR count). The van der Waals surface area contributed by atoms with Crippen molar-refractivity contribution in [2.45, 2.75) is 29.5 Å². The summed E-state index contributed by atoms with van der Waals surface area (Å²) in [5.74, 6) is 2.71. The third-order valence-corrected chi connectivity index (χ3v) is 5.23. The van der Waals surface area contributed by atoms with Crippen LogP contribution in [0.3, 0.4) is 0 Å². The van der Waals surface area contributed by atoms with Crippen LogP contribution in [0.4, 0.5) is 0 Å². The Morgan fingerprint density at radius 3 is 3.00 bits per heavy atom. The van der Waals surface area contributed by atoms with Crippen molar-refractivity contribution in [3.8, 4) is 0 Å². The third-order valence-electron chi connectivity index (χ3n) is 3.41. The Bertz CT molecular complexity index is 483. The average molecular weight is 283 g/mol. The summed E-state index contributed by atoms with van der Waals surface area (Å²) in [6.45, 7) is 3.55. The highest BCUT2D eigenvalue weighted by molar-refractivity contribution is 7.99. The van der Waals surface area contributed by atoms with Gasteiger partial charge in [0.25, 0.3) is 5.56 Å². The lowest BCUT2D eigenvalue weighted by atomic mass is 10.3. The Balaban J connectivity index is 1.59. The van der Waals surface area contributed by atoms with Crippen LogP contribution in [0, 0.1) is 0 Å². The predicted octanol–water partition coefficient (Wildman–Crippen LogP) is 1.70. The Hall–Kier alpha value is -0.460. The fraction of sp³-hybridized carbons (Fsp3) is 0.667. The first-order chi connectivity index (χ1) is 8.83. The van der Waals surface area contributed by atoms with E-state index in [2.05, 4.69) is 14.9 Å². The van der Waals surface area contributed by atoms with Crippen LogP contribution in [0.5, 0.6) is 0 Å². The van der Waals surface area contributed by atoms with Crippen LogP contribution in [-0.2, 0) is 11.5 Å². The van der Waals surface area contributed by atoms with Gasteiger partial charge in [0.2, 0.25) is 0 Å². The summed E-state index contributed by atoms with van der Waals surface area (Å²) in [4.78, 5) is 21.7. The summed E-state index contributed by atoms with van der Waals surface area (Å²) in [6.07, 6.45) is 2.66. The van der Waals surface area contributed by atoms with E-state index in [0.29, 0.717) is 0 Å². The van der Waals surface area contributed by atoms with Crippen molar-refractivity contribution in [2.75, 3.05) is 25.4 Å². The molecule has 0 bridgehead atoms. The van der Waals surface area contributed by atoms with Gasteiger partial charge in [-0.05, 0) is 25.9 Å². The molecular weight excluding hydrogens is 266 g/mol. The summed E-state index contributed by atoms with van der Waals surface area (Å²) in [5.41, 5.74) is 1.94. The maximum Gasteiger partial charge on any atom is 0.255 e. The van der Waals surface area contributed by atoms with Gasteiger partial charge >= 0.3 is 0 Å². The zero-order valence-corrected chi connectivity index (χ0v) is 11.9. The molecule has 98 valence electrons. The molecule has 18 heavy (non-hydrogen) atoms. The molecule has 6 heteroatoms. The van der Waals surface area contributed by atoms with Gasteiger partial charge in [0.05, 0.1) is 5.69 Å². The molecule has 1 aromatic rings. The molecule has 1 aromatic heterocycles. The van der Waals surface area contributed by atoms with Gasteiger partial charge in [0.15, 0.2) is 5.16 Å². The van der Waals surface area contributed by atoms with Crippen LogP contribution in [0.1, 0.15) is 24.1 Å². The Kier molecular flexibility index (Phi) is 3.96. The van der Waals surface area contributed by atoms with Gasteiger partial charge < -0.3 is 9.88 Å². The van der Waals surface area contributed by atoms with Crippen molar-refractivity contribution in [1.29, 1.82) is 0 Å². The van der Waals surface area contributed by atoms with Gasteiger partial charge in [-0.1, -0.05) is 11.8 Å². The first-order valence-corrected chi connectivity index (χ1v) is 8.52. The number of hydrogen-bond acceptors (Lipinski definition) is 5. The molecule has 1 saturated heterocycles. The molecule has 1 N–H and O–H groups in total. The van der Waals surface area contributed by atoms with Crippen molar-refractivity contribution in [3.05, 3.63) is 21.6 Å². The minimum atomic E-state index is 0.0636. The zero-order valence-electron chi connectivity index (χ0n) is 10.3. The fourth-order valence-electron chi connectivity index (χ4n) is 2.39. The second kappa shape index (κ2) is 5.67. The predicted molar refractivity (Wildman–Crippen MR) is 76.3 cm³/mol. The van der Waals surface area contributed by atoms with Crippen molar-refractivity contribution < 1.29 is 0 Å². The van der Waals surface area contributed by atoms with Crippen molar-refractivity contribution in [3.63, 3.8) is 0 Å². The molecule has 0 aromatic carbocycles. The number of aromatic nitrogens is 2. The number of nitrogens with zero attached hydrogens (tertiary/aromatic N) is 2. The highest BCUT2D eigenvalue weighted by Crippen LogP contribution is 2.26. The van der Waals surface area contributed by atoms with Gasteiger partial charge in [0.1, 0.15) is 0 Å². The molecule has 0 spiro atoms. The van der Waals surface area contributed by atoms with Gasteiger partial charge in [-0.3, -0.25) is 4.79 Å². The molecule has 0 radical (unpaired) electrons. The van der Waals surface area contributed by atoms with Crippen LogP contribution in [0.15, 0.2) is 9.95 Å². The molecule has 2 aliphatic heterocycles. The fourth-order valence-corrected chi connectivity index (χ4v) is 4.30. The maximum atomic E-state index is 11.8. The topological polar surface area (TPSA) is 49.0 Å². The van der Waals surface area contributed by atoms with Gasteiger partial charge in [-0.15, -0.1) is 0 Å². The van der Waals surface area contributed by atoms with E-state index < -0.39 is 0 Å². The molecule has 4 nitrogen and oxygen atoms in total. The van der Waals surface area contributed by atoms with Crippen molar-refractivity contribution in [1.82, 2.24) is 14.9 Å². The monoisotopic (exact) mass is 283 g/mol. The van der Waals surface area contributed by atoms with Crippen molar-refractivity contribution in [2.24, 2.45) is 0 Å². The number of hydrogen-bond donors (Lipinski definition) is 1. The van der Waals surface area contributed by atoms with E-state index in [1.165, 1.54) is 25.9 Å². The number of H-pyrrole nitrogens is 1. The van der Waals surface area contributed by atoms with E-state index in [-0.39, 0.29) is 5.56 Å². The lowest BCUT2D eigenvalue weighted by molar-refractivity contribution is 0.362. The maximum absolute atomic E-state index is 11.8. The number of rotatable bonds is 4. The van der Waals surface area contributed by atoms with Crippen LogP contribution in [-0.4, -0.2) is 40.3 Å². The number of aromatic amines is 1. The molecule has 0 atom stereocenters. The molecule has 0 saturated carbocycles. The Labute approximate surface area is 115 Å². The summed E-state index contributed by atoms with van der Waals surface area (Å²) in [7, 11) is 0. The molecule has 0 aliphatic carbocycles. The first kappa shape index (κ1) is 12.6. The minimum absolute atomic E-state index is 0.0636. The lowest BCUT2D eigenvalue weighted by Gasteiger charge is -2.13. The van der Waals surface area contributed by atoms with E-state index in [9.17, 15) is 4.79 Å². The van der Waals surface area contributed by atoms with E-state index in [4.69, 9.17) is 0 Å². The van der Waals surface area contributed by atoms with E-state index in [0.717, 1.165) is 40.2 Å². The normalized spacial score (nSPS) is 19.3. The van der Waals surface area contributed by atoms with Crippen molar-refractivity contribution >= 4 is 23.5 Å². The molecular formula is C12H17N3OS2. The zero-order chi connectivity index (χ0) is 12.4. The van der Waals surface area contributed by atoms with Crippen LogP contribution < -0.4 is 5.56 Å². The molecule has 0 amide bonds. The summed E-state index contributed by atoms with van der Waals surface area (Å²) >= 11 is 3.44. The first-order valence-electron chi connectivity index (χ1n) is 6.38. The number of nitrogens with one attached hydrogen (secondary N) is 1. The standard InChI is InChI=1S/C12H17N3OS2/c16-11-9-7-17-8-10(9)13-12(14-11)18-6-5-15-3-1-2-4-15/h1-8H2,(H,13,14,16). The number of likely N-dealkylation sites (tertiary alicyclic amines) is 1. The average Bonchev–Trinajstić information content (AvgIpc) is 2.99. The van der Waals surface area contributed by atoms with Gasteiger partial charge in [-0.25, -0.2) is 4.98 Å². The molecule has 0 unspecified atom stereocenters. The SMILES string of the molecule is O=c1[nH]c(SCCN2CCCC2)nc2c1CSC2. The van der Waals surface area contributed by atoms with Crippen LogP contribution >= 0.6 is 23.5 Å². The largest absolute Gasteiger partial charge is 0.303 e. The Morgan fingerprint density at radius 1 is 1.33 bits per heavy atom. The summed E-state index contributed by atoms with van der Waals surface area (Å²) in [5, 5.41) is 0.792. The van der Waals surface area contributed by atoms with Gasteiger partial charge in [0, 0.05) is 29.4 Å². The Morgan fingerprint density at radius 2 is 2.17 bits per heavy atom. The molecule has 3 heterocycles. The second-order valence-corrected chi connectivity index (χ2v) is 6.76. The van der Waals surface area contributed by atoms with E-state index in [1.54, 1.807) is 23.5 Å².